The number of rotatable bonds is 9. The van der Waals surface area contributed by atoms with Crippen LogP contribution < -0.4 is 10.1 Å². The molecule has 0 radical (unpaired) electrons. The molecule has 0 spiro atoms. The number of amides is 1. The molecule has 1 amide bonds. The second-order valence-electron chi connectivity index (χ2n) is 6.38. The predicted molar refractivity (Wildman–Crippen MR) is 114 cm³/mol. The van der Waals surface area contributed by atoms with Crippen LogP contribution in [0.4, 0.5) is 0 Å². The minimum atomic E-state index is -1.15. The molecule has 0 saturated carbocycles. The molecular weight excluding hydrogens is 410 g/mol. The number of carbonyl (C=O) groups is 1. The topological polar surface area (TPSA) is 68.5 Å². The van der Waals surface area contributed by atoms with Crippen LogP contribution in [-0.2, 0) is 28.9 Å². The van der Waals surface area contributed by atoms with E-state index in [1.807, 2.05) is 43.3 Å². The first-order chi connectivity index (χ1) is 14.0. The Morgan fingerprint density at radius 3 is 2.38 bits per heavy atom. The lowest BCUT2D eigenvalue weighted by atomic mass is 10.2. The molecule has 7 heteroatoms. The average Bonchev–Trinajstić information content (AvgIpc) is 3.17. The van der Waals surface area contributed by atoms with Crippen LogP contribution in [0.15, 0.2) is 65.1 Å². The Balaban J connectivity index is 1.50. The van der Waals surface area contributed by atoms with Crippen LogP contribution in [-0.4, -0.2) is 16.7 Å². The van der Waals surface area contributed by atoms with Crippen molar-refractivity contribution in [3.05, 3.63) is 88.3 Å². The van der Waals surface area contributed by atoms with Gasteiger partial charge in [-0.05, 0) is 54.4 Å². The zero-order valence-electron chi connectivity index (χ0n) is 16.0. The van der Waals surface area contributed by atoms with E-state index in [2.05, 4.69) is 5.32 Å². The van der Waals surface area contributed by atoms with Crippen molar-refractivity contribution in [1.29, 1.82) is 0 Å². The monoisotopic (exact) mass is 431 g/mol. The van der Waals surface area contributed by atoms with E-state index in [1.54, 1.807) is 24.3 Å². The van der Waals surface area contributed by atoms with Crippen molar-refractivity contribution in [2.45, 2.75) is 25.0 Å². The van der Waals surface area contributed by atoms with Crippen LogP contribution in [0, 0.1) is 0 Å². The summed E-state index contributed by atoms with van der Waals surface area (Å²) < 4.78 is 23.3. The Kier molecular flexibility index (Phi) is 7.49. The van der Waals surface area contributed by atoms with Gasteiger partial charge in [-0.25, -0.2) is 0 Å². The Bertz CT molecular complexity index is 967. The van der Waals surface area contributed by atoms with Gasteiger partial charge in [-0.1, -0.05) is 35.9 Å². The summed E-state index contributed by atoms with van der Waals surface area (Å²) in [4.78, 5) is 12.3. The van der Waals surface area contributed by atoms with Crippen LogP contribution in [0.25, 0.3) is 0 Å². The lowest BCUT2D eigenvalue weighted by Gasteiger charge is -2.06. The van der Waals surface area contributed by atoms with Crippen LogP contribution in [0.1, 0.15) is 34.4 Å². The molecule has 0 bridgehead atoms. The summed E-state index contributed by atoms with van der Waals surface area (Å²) in [5.41, 5.74) is 1.89. The van der Waals surface area contributed by atoms with Crippen molar-refractivity contribution in [1.82, 2.24) is 5.32 Å². The van der Waals surface area contributed by atoms with Gasteiger partial charge in [0.05, 0.1) is 12.4 Å². The molecule has 1 aromatic heterocycles. The molecule has 152 valence electrons. The fraction of sp³-hybridized carbons (Fsp3) is 0.227. The Morgan fingerprint density at radius 2 is 1.69 bits per heavy atom. The van der Waals surface area contributed by atoms with Gasteiger partial charge in [-0.15, -0.1) is 0 Å². The van der Waals surface area contributed by atoms with E-state index in [0.29, 0.717) is 29.7 Å². The maximum absolute atomic E-state index is 12.3. The van der Waals surface area contributed by atoms with E-state index in [-0.39, 0.29) is 17.4 Å². The highest BCUT2D eigenvalue weighted by atomic mass is 35.5. The van der Waals surface area contributed by atoms with Gasteiger partial charge < -0.3 is 14.5 Å². The minimum absolute atomic E-state index is 0.203. The molecule has 0 aliphatic carbocycles. The summed E-state index contributed by atoms with van der Waals surface area (Å²) in [6, 6.07) is 18.1. The van der Waals surface area contributed by atoms with Gasteiger partial charge >= 0.3 is 0 Å². The first-order valence-corrected chi connectivity index (χ1v) is 11.1. The number of nitrogens with one attached hydrogen (secondary N) is 1. The van der Waals surface area contributed by atoms with Crippen LogP contribution in [0.2, 0.25) is 5.02 Å². The standard InChI is InChI=1S/C22H22ClNO4S/c1-2-27-19-9-5-16(6-10-19)13-24-22(25)21-12-11-20(28-21)15-29(26)14-17-3-7-18(23)8-4-17/h3-12H,2,13-15H2,1H3,(H,24,25)/t29-/m0/s1. The number of halogens is 1. The maximum Gasteiger partial charge on any atom is 0.287 e. The molecular formula is C22H22ClNO4S. The second-order valence-corrected chi connectivity index (χ2v) is 8.27. The van der Waals surface area contributed by atoms with E-state index >= 15 is 0 Å². The van der Waals surface area contributed by atoms with Gasteiger partial charge in [-0.3, -0.25) is 9.00 Å². The van der Waals surface area contributed by atoms with Crippen molar-refractivity contribution in [3.63, 3.8) is 0 Å². The van der Waals surface area contributed by atoms with Crippen LogP contribution in [0.5, 0.6) is 5.75 Å². The van der Waals surface area contributed by atoms with Crippen molar-refractivity contribution in [2.75, 3.05) is 6.61 Å². The van der Waals surface area contributed by atoms with Gasteiger partial charge in [0.25, 0.3) is 5.91 Å². The summed E-state index contributed by atoms with van der Waals surface area (Å²) in [7, 11) is -1.15. The Morgan fingerprint density at radius 1 is 1.00 bits per heavy atom. The summed E-state index contributed by atoms with van der Waals surface area (Å²) in [5, 5.41) is 3.46. The van der Waals surface area contributed by atoms with E-state index < -0.39 is 10.8 Å². The van der Waals surface area contributed by atoms with Crippen molar-refractivity contribution < 1.29 is 18.2 Å². The zero-order valence-corrected chi connectivity index (χ0v) is 17.6. The van der Waals surface area contributed by atoms with Crippen molar-refractivity contribution in [2.24, 2.45) is 0 Å². The molecule has 1 atom stereocenters. The van der Waals surface area contributed by atoms with E-state index in [0.717, 1.165) is 16.9 Å². The quantitative estimate of drug-likeness (QED) is 0.532. The highest BCUT2D eigenvalue weighted by Gasteiger charge is 2.13. The molecule has 5 nitrogen and oxygen atoms in total. The highest BCUT2D eigenvalue weighted by molar-refractivity contribution is 7.83. The summed E-state index contributed by atoms with van der Waals surface area (Å²) in [5.74, 6) is 1.85. The predicted octanol–water partition coefficient (Wildman–Crippen LogP) is 4.71. The molecule has 0 fully saturated rings. The SMILES string of the molecule is CCOc1ccc(CNC(=O)c2ccc(C[S@@](=O)Cc3ccc(Cl)cc3)o2)cc1. The Hall–Kier alpha value is -2.57. The third kappa shape index (κ3) is 6.48. The van der Waals surface area contributed by atoms with Gasteiger partial charge in [0, 0.05) is 28.1 Å². The van der Waals surface area contributed by atoms with Crippen LogP contribution >= 0.6 is 11.6 Å². The number of benzene rings is 2. The summed E-state index contributed by atoms with van der Waals surface area (Å²) in [6.07, 6.45) is 0. The lowest BCUT2D eigenvalue weighted by Crippen LogP contribution is -2.22. The first kappa shape index (κ1) is 21.1. The van der Waals surface area contributed by atoms with Crippen molar-refractivity contribution >= 4 is 28.3 Å². The molecule has 29 heavy (non-hydrogen) atoms. The van der Waals surface area contributed by atoms with Gasteiger partial charge in [0.1, 0.15) is 11.5 Å². The smallest absolute Gasteiger partial charge is 0.287 e. The molecule has 0 aliphatic rings. The maximum atomic E-state index is 12.3. The van der Waals surface area contributed by atoms with E-state index in [4.69, 9.17) is 20.8 Å². The fourth-order valence-electron chi connectivity index (χ4n) is 2.69. The third-order valence-corrected chi connectivity index (χ3v) is 5.63. The minimum Gasteiger partial charge on any atom is -0.494 e. The largest absolute Gasteiger partial charge is 0.494 e. The number of carbonyl (C=O) groups excluding carboxylic acids is 1. The third-order valence-electron chi connectivity index (χ3n) is 4.12. The van der Waals surface area contributed by atoms with Crippen LogP contribution in [0.3, 0.4) is 0 Å². The molecule has 0 saturated heterocycles. The average molecular weight is 432 g/mol. The number of furan rings is 1. The molecule has 2 aromatic carbocycles. The van der Waals surface area contributed by atoms with Gasteiger partial charge in [0.2, 0.25) is 0 Å². The molecule has 1 N–H and O–H groups in total. The van der Waals surface area contributed by atoms with Gasteiger partial charge in [-0.2, -0.15) is 0 Å². The molecule has 1 heterocycles. The van der Waals surface area contributed by atoms with E-state index in [1.165, 1.54) is 0 Å². The fourth-order valence-corrected chi connectivity index (χ4v) is 3.96. The number of hydrogen-bond acceptors (Lipinski definition) is 4. The van der Waals surface area contributed by atoms with Gasteiger partial charge in [0.15, 0.2) is 5.76 Å². The summed E-state index contributed by atoms with van der Waals surface area (Å²) >= 11 is 5.86. The molecule has 3 rings (SSSR count). The number of hydrogen-bond donors (Lipinski definition) is 1. The number of ether oxygens (including phenoxy) is 1. The molecule has 3 aromatic rings. The van der Waals surface area contributed by atoms with Crippen molar-refractivity contribution in [3.8, 4) is 5.75 Å². The normalized spacial score (nSPS) is 11.8. The second kappa shape index (κ2) is 10.3. The zero-order chi connectivity index (χ0) is 20.6. The first-order valence-electron chi connectivity index (χ1n) is 9.21. The lowest BCUT2D eigenvalue weighted by molar-refractivity contribution is 0.0921. The summed E-state index contributed by atoms with van der Waals surface area (Å²) in [6.45, 7) is 2.92. The molecule has 0 unspecified atom stereocenters. The Labute approximate surface area is 177 Å². The van der Waals surface area contributed by atoms with E-state index in [9.17, 15) is 9.00 Å². The molecule has 0 aliphatic heterocycles. The highest BCUT2D eigenvalue weighted by Crippen LogP contribution is 2.16.